The number of nitrogens with two attached hydrogens (primary N) is 1. The van der Waals surface area contributed by atoms with Crippen molar-refractivity contribution in [2.45, 2.75) is 0 Å². The fraction of sp³-hybridized carbons (Fsp3) is 0. The summed E-state index contributed by atoms with van der Waals surface area (Å²) in [6.45, 7) is 0. The lowest BCUT2D eigenvalue weighted by Gasteiger charge is -2.01. The lowest BCUT2D eigenvalue weighted by Crippen LogP contribution is -2.07. The lowest BCUT2D eigenvalue weighted by atomic mass is 10.2. The van der Waals surface area contributed by atoms with Gasteiger partial charge in [-0.25, -0.2) is 0 Å². The van der Waals surface area contributed by atoms with E-state index in [0.29, 0.717) is 11.4 Å². The number of nitrogens with one attached hydrogen (secondary N) is 1. The zero-order chi connectivity index (χ0) is 15.2. The van der Waals surface area contributed by atoms with Crippen LogP contribution in [0.3, 0.4) is 0 Å². The van der Waals surface area contributed by atoms with Crippen LogP contribution in [0, 0.1) is 10.1 Å². The Morgan fingerprint density at radius 2 is 1.71 bits per heavy atom. The molecule has 6 heteroatoms. The number of carbonyl (C=O) groups is 1. The van der Waals surface area contributed by atoms with Gasteiger partial charge in [-0.3, -0.25) is 14.9 Å². The highest BCUT2D eigenvalue weighted by Crippen LogP contribution is 2.15. The number of anilines is 2. The van der Waals surface area contributed by atoms with Gasteiger partial charge < -0.3 is 11.1 Å². The number of benzene rings is 2. The van der Waals surface area contributed by atoms with Gasteiger partial charge in [-0.15, -0.1) is 0 Å². The molecule has 2 aromatic carbocycles. The minimum Gasteiger partial charge on any atom is -0.399 e. The Morgan fingerprint density at radius 3 is 2.29 bits per heavy atom. The standard InChI is InChI=1S/C15H13N3O3/c16-12-4-1-11(2-5-12)3-10-15(19)17-13-6-8-14(9-7-13)18(20)21/h1-10H,16H2,(H,17,19)/b10-3+. The van der Waals surface area contributed by atoms with Gasteiger partial charge in [0, 0.05) is 29.6 Å². The van der Waals surface area contributed by atoms with E-state index in [-0.39, 0.29) is 11.6 Å². The Kier molecular flexibility index (Phi) is 4.30. The molecule has 0 spiro atoms. The molecule has 0 bridgehead atoms. The third kappa shape index (κ3) is 4.17. The predicted molar refractivity (Wildman–Crippen MR) is 81.6 cm³/mol. The third-order valence-electron chi connectivity index (χ3n) is 2.71. The van der Waals surface area contributed by atoms with Crippen molar-refractivity contribution in [3.05, 3.63) is 70.3 Å². The van der Waals surface area contributed by atoms with Crippen LogP contribution in [0.1, 0.15) is 5.56 Å². The summed E-state index contributed by atoms with van der Waals surface area (Å²) >= 11 is 0. The molecule has 0 aromatic heterocycles. The Morgan fingerprint density at radius 1 is 1.10 bits per heavy atom. The summed E-state index contributed by atoms with van der Waals surface area (Å²) in [6, 6.07) is 12.7. The van der Waals surface area contributed by atoms with Crippen molar-refractivity contribution in [2.24, 2.45) is 0 Å². The molecule has 0 heterocycles. The van der Waals surface area contributed by atoms with Crippen molar-refractivity contribution >= 4 is 29.0 Å². The molecule has 0 atom stereocenters. The van der Waals surface area contributed by atoms with Gasteiger partial charge in [-0.05, 0) is 35.9 Å². The molecule has 2 rings (SSSR count). The smallest absolute Gasteiger partial charge is 0.269 e. The summed E-state index contributed by atoms with van der Waals surface area (Å²) in [6.07, 6.45) is 3.03. The Labute approximate surface area is 121 Å². The molecule has 0 aliphatic rings. The molecule has 3 N–H and O–H groups in total. The molecule has 0 radical (unpaired) electrons. The van der Waals surface area contributed by atoms with Gasteiger partial charge in [0.1, 0.15) is 0 Å². The van der Waals surface area contributed by atoms with Gasteiger partial charge in [0.15, 0.2) is 0 Å². The number of carbonyl (C=O) groups excluding carboxylic acids is 1. The summed E-state index contributed by atoms with van der Waals surface area (Å²) in [5, 5.41) is 13.1. The summed E-state index contributed by atoms with van der Waals surface area (Å²) in [5.74, 6) is -0.319. The van der Waals surface area contributed by atoms with Gasteiger partial charge in [0.25, 0.3) is 5.69 Å². The zero-order valence-electron chi connectivity index (χ0n) is 11.0. The van der Waals surface area contributed by atoms with Crippen LogP contribution in [0.25, 0.3) is 6.08 Å². The fourth-order valence-corrected chi connectivity index (χ4v) is 1.63. The van der Waals surface area contributed by atoms with Crippen LogP contribution in [0.4, 0.5) is 17.1 Å². The Bertz CT molecular complexity index is 676. The highest BCUT2D eigenvalue weighted by molar-refractivity contribution is 6.01. The molecule has 0 saturated carbocycles. The molecule has 106 valence electrons. The van der Waals surface area contributed by atoms with E-state index in [4.69, 9.17) is 5.73 Å². The second-order valence-electron chi connectivity index (χ2n) is 4.29. The summed E-state index contributed by atoms with van der Waals surface area (Å²) in [5.41, 5.74) is 7.54. The average Bonchev–Trinajstić information content (AvgIpc) is 2.47. The number of amides is 1. The maximum atomic E-state index is 11.7. The lowest BCUT2D eigenvalue weighted by molar-refractivity contribution is -0.384. The highest BCUT2D eigenvalue weighted by Gasteiger charge is 2.04. The van der Waals surface area contributed by atoms with Gasteiger partial charge in [-0.2, -0.15) is 0 Å². The zero-order valence-corrected chi connectivity index (χ0v) is 11.0. The van der Waals surface area contributed by atoms with Crippen LogP contribution in [0.5, 0.6) is 0 Å². The molecular weight excluding hydrogens is 270 g/mol. The van der Waals surface area contributed by atoms with E-state index in [1.807, 2.05) is 0 Å². The summed E-state index contributed by atoms with van der Waals surface area (Å²) in [7, 11) is 0. The molecule has 0 aliphatic heterocycles. The number of nitro groups is 1. The number of nitro benzene ring substituents is 1. The van der Waals surface area contributed by atoms with E-state index >= 15 is 0 Å². The quantitative estimate of drug-likeness (QED) is 0.390. The number of rotatable bonds is 4. The average molecular weight is 283 g/mol. The second-order valence-corrected chi connectivity index (χ2v) is 4.29. The molecule has 1 amide bonds. The van der Waals surface area contributed by atoms with Gasteiger partial charge in [0.05, 0.1) is 4.92 Å². The first-order valence-electron chi connectivity index (χ1n) is 6.13. The molecule has 0 unspecified atom stereocenters. The van der Waals surface area contributed by atoms with Gasteiger partial charge in [-0.1, -0.05) is 12.1 Å². The van der Waals surface area contributed by atoms with Crippen molar-refractivity contribution in [1.82, 2.24) is 0 Å². The number of nitrogen functional groups attached to an aromatic ring is 1. The molecule has 2 aromatic rings. The van der Waals surface area contributed by atoms with Crippen molar-refractivity contribution < 1.29 is 9.72 Å². The minimum atomic E-state index is -0.493. The Balaban J connectivity index is 1.98. The maximum absolute atomic E-state index is 11.7. The van der Waals surface area contributed by atoms with Crippen molar-refractivity contribution in [1.29, 1.82) is 0 Å². The topological polar surface area (TPSA) is 98.3 Å². The number of non-ortho nitro benzene ring substituents is 1. The SMILES string of the molecule is Nc1ccc(/C=C/C(=O)Nc2ccc([N+](=O)[O-])cc2)cc1. The van der Waals surface area contributed by atoms with E-state index in [1.54, 1.807) is 30.3 Å². The number of nitrogens with zero attached hydrogens (tertiary/aromatic N) is 1. The van der Waals surface area contributed by atoms with Crippen LogP contribution in [-0.2, 0) is 4.79 Å². The first kappa shape index (κ1) is 14.3. The predicted octanol–water partition coefficient (Wildman–Crippen LogP) is 2.83. The van der Waals surface area contributed by atoms with Gasteiger partial charge >= 0.3 is 0 Å². The molecule has 0 saturated heterocycles. The van der Waals surface area contributed by atoms with E-state index in [2.05, 4.69) is 5.32 Å². The van der Waals surface area contributed by atoms with Crippen LogP contribution in [0.2, 0.25) is 0 Å². The van der Waals surface area contributed by atoms with Crippen molar-refractivity contribution in [3.63, 3.8) is 0 Å². The normalized spacial score (nSPS) is 10.5. The third-order valence-corrected chi connectivity index (χ3v) is 2.71. The van der Waals surface area contributed by atoms with Crippen LogP contribution >= 0.6 is 0 Å². The molecule has 6 nitrogen and oxygen atoms in total. The molecule has 0 fully saturated rings. The Hall–Kier alpha value is -3.15. The van der Waals surface area contributed by atoms with Crippen LogP contribution in [-0.4, -0.2) is 10.8 Å². The molecular formula is C15H13N3O3. The summed E-state index contributed by atoms with van der Waals surface area (Å²) < 4.78 is 0. The highest BCUT2D eigenvalue weighted by atomic mass is 16.6. The largest absolute Gasteiger partial charge is 0.399 e. The van der Waals surface area contributed by atoms with Gasteiger partial charge in [0.2, 0.25) is 5.91 Å². The number of hydrogen-bond donors (Lipinski definition) is 2. The van der Waals surface area contributed by atoms with E-state index < -0.39 is 4.92 Å². The first-order chi connectivity index (χ1) is 10.0. The minimum absolute atomic E-state index is 0.0228. The summed E-state index contributed by atoms with van der Waals surface area (Å²) in [4.78, 5) is 21.7. The second kappa shape index (κ2) is 6.33. The molecule has 21 heavy (non-hydrogen) atoms. The van der Waals surface area contributed by atoms with Crippen LogP contribution in [0.15, 0.2) is 54.6 Å². The van der Waals surface area contributed by atoms with E-state index in [1.165, 1.54) is 30.3 Å². The van der Waals surface area contributed by atoms with Crippen molar-refractivity contribution in [2.75, 3.05) is 11.1 Å². The first-order valence-corrected chi connectivity index (χ1v) is 6.13. The number of hydrogen-bond acceptors (Lipinski definition) is 4. The maximum Gasteiger partial charge on any atom is 0.269 e. The van der Waals surface area contributed by atoms with Crippen LogP contribution < -0.4 is 11.1 Å². The van der Waals surface area contributed by atoms with E-state index in [9.17, 15) is 14.9 Å². The molecule has 0 aliphatic carbocycles. The fourth-order valence-electron chi connectivity index (χ4n) is 1.63. The monoisotopic (exact) mass is 283 g/mol. The van der Waals surface area contributed by atoms with E-state index in [0.717, 1.165) is 5.56 Å². The van der Waals surface area contributed by atoms with Crippen molar-refractivity contribution in [3.8, 4) is 0 Å².